The Balaban J connectivity index is 1.61. The highest BCUT2D eigenvalue weighted by atomic mass is 35.5. The first-order valence-corrected chi connectivity index (χ1v) is 12.1. The molecule has 1 N–H and O–H groups in total. The molecule has 0 unspecified atom stereocenters. The van der Waals surface area contributed by atoms with Crippen molar-refractivity contribution in [3.05, 3.63) is 101 Å². The van der Waals surface area contributed by atoms with Gasteiger partial charge in [-0.1, -0.05) is 60.1 Å². The van der Waals surface area contributed by atoms with E-state index in [9.17, 15) is 4.79 Å². The number of furan rings is 1. The highest BCUT2D eigenvalue weighted by Gasteiger charge is 2.19. The van der Waals surface area contributed by atoms with Crippen molar-refractivity contribution in [2.24, 2.45) is 0 Å². The Hall–Kier alpha value is -4.02. The Morgan fingerprint density at radius 2 is 1.69 bits per heavy atom. The number of aryl methyl sites for hydroxylation is 1. The minimum Gasteiger partial charge on any atom is -0.496 e. The lowest BCUT2D eigenvalue weighted by Crippen LogP contribution is -2.10. The van der Waals surface area contributed by atoms with Crippen LogP contribution < -0.4 is 10.1 Å². The van der Waals surface area contributed by atoms with Crippen LogP contribution in [-0.4, -0.2) is 13.0 Å². The summed E-state index contributed by atoms with van der Waals surface area (Å²) in [4.78, 5) is 12.9. The Kier molecular flexibility index (Phi) is 6.29. The van der Waals surface area contributed by atoms with Gasteiger partial charge < -0.3 is 14.5 Å². The third-order valence-electron chi connectivity index (χ3n) is 6.63. The number of anilines is 1. The molecule has 0 saturated heterocycles. The van der Waals surface area contributed by atoms with Crippen LogP contribution in [0.4, 0.5) is 5.69 Å². The highest BCUT2D eigenvalue weighted by Crippen LogP contribution is 2.42. The lowest BCUT2D eigenvalue weighted by atomic mass is 9.94. The third-order valence-corrected chi connectivity index (χ3v) is 7.04. The van der Waals surface area contributed by atoms with Gasteiger partial charge in [0.1, 0.15) is 11.3 Å². The Bertz CT molecular complexity index is 1660. The van der Waals surface area contributed by atoms with Crippen molar-refractivity contribution in [3.8, 4) is 16.9 Å². The van der Waals surface area contributed by atoms with E-state index in [0.29, 0.717) is 16.5 Å². The van der Waals surface area contributed by atoms with Crippen molar-refractivity contribution in [1.82, 2.24) is 0 Å². The van der Waals surface area contributed by atoms with Gasteiger partial charge in [-0.25, -0.2) is 0 Å². The largest absolute Gasteiger partial charge is 0.496 e. The molecule has 0 bridgehead atoms. The molecule has 0 aliphatic carbocycles. The molecule has 0 saturated carbocycles. The number of carbonyl (C=O) groups is 1. The van der Waals surface area contributed by atoms with Crippen LogP contribution in [0.1, 0.15) is 23.6 Å². The number of carbonyl (C=O) groups excluding carboxylic acids is 1. The molecule has 0 fully saturated rings. The Morgan fingerprint density at radius 3 is 2.50 bits per heavy atom. The number of fused-ring (bicyclic) bond motifs is 2. The van der Waals surface area contributed by atoms with Gasteiger partial charge in [0, 0.05) is 38.9 Å². The van der Waals surface area contributed by atoms with Crippen LogP contribution in [0.5, 0.6) is 5.75 Å². The molecular formula is C31H26ClNO3. The van der Waals surface area contributed by atoms with Crippen LogP contribution in [0.25, 0.3) is 38.4 Å². The SMILES string of the molecule is COc1c(/C(C)=C/C(=O)Nc2cccc(Cl)c2C)cc2c(-c3cccc4ccccc34)coc2c1C. The lowest BCUT2D eigenvalue weighted by molar-refractivity contribution is -0.111. The van der Waals surface area contributed by atoms with Crippen LogP contribution in [0.3, 0.4) is 0 Å². The average molecular weight is 496 g/mol. The topological polar surface area (TPSA) is 51.5 Å². The van der Waals surface area contributed by atoms with Gasteiger partial charge in [-0.2, -0.15) is 0 Å². The van der Waals surface area contributed by atoms with Gasteiger partial charge in [-0.3, -0.25) is 4.79 Å². The van der Waals surface area contributed by atoms with Gasteiger partial charge in [0.05, 0.1) is 13.4 Å². The molecule has 1 amide bonds. The molecule has 180 valence electrons. The van der Waals surface area contributed by atoms with E-state index in [4.69, 9.17) is 20.8 Å². The lowest BCUT2D eigenvalue weighted by Gasteiger charge is -2.14. The smallest absolute Gasteiger partial charge is 0.248 e. The number of methoxy groups -OCH3 is 1. The maximum Gasteiger partial charge on any atom is 0.248 e. The first-order valence-electron chi connectivity index (χ1n) is 11.7. The predicted octanol–water partition coefficient (Wildman–Crippen LogP) is 8.57. The van der Waals surface area contributed by atoms with Crippen LogP contribution in [0.15, 0.2) is 83.5 Å². The summed E-state index contributed by atoms with van der Waals surface area (Å²) in [6.07, 6.45) is 3.39. The van der Waals surface area contributed by atoms with E-state index < -0.39 is 0 Å². The number of allylic oxidation sites excluding steroid dienone is 1. The summed E-state index contributed by atoms with van der Waals surface area (Å²) >= 11 is 6.21. The maximum atomic E-state index is 12.9. The standard InChI is InChI=1S/C31H26ClNO3/c1-18(15-29(34)33-28-14-8-13-27(32)19(28)2)24-16-25-26(17-36-31(25)20(3)30(24)35-4)23-12-7-10-21-9-5-6-11-22(21)23/h5-17H,1-4H3,(H,33,34)/b18-15+. The Labute approximate surface area is 215 Å². The molecular weight excluding hydrogens is 470 g/mol. The molecule has 0 aliphatic heterocycles. The van der Waals surface area contributed by atoms with Crippen molar-refractivity contribution in [3.63, 3.8) is 0 Å². The summed E-state index contributed by atoms with van der Waals surface area (Å²) in [5, 5.41) is 6.83. The fraction of sp³-hybridized carbons (Fsp3) is 0.129. The summed E-state index contributed by atoms with van der Waals surface area (Å²) in [5.41, 5.74) is 6.87. The second-order valence-electron chi connectivity index (χ2n) is 8.86. The summed E-state index contributed by atoms with van der Waals surface area (Å²) in [6, 6.07) is 22.1. The quantitative estimate of drug-likeness (QED) is 0.248. The zero-order chi connectivity index (χ0) is 25.4. The van der Waals surface area contributed by atoms with Crippen LogP contribution >= 0.6 is 11.6 Å². The normalized spacial score (nSPS) is 11.8. The van der Waals surface area contributed by atoms with Crippen molar-refractivity contribution >= 4 is 50.5 Å². The zero-order valence-corrected chi connectivity index (χ0v) is 21.4. The first-order chi connectivity index (χ1) is 17.4. The number of rotatable bonds is 5. The molecule has 1 heterocycles. The van der Waals surface area contributed by atoms with E-state index in [1.807, 2.05) is 51.1 Å². The number of ether oxygens (including phenoxy) is 1. The van der Waals surface area contributed by atoms with Crippen LogP contribution in [-0.2, 0) is 4.79 Å². The van der Waals surface area contributed by atoms with E-state index in [-0.39, 0.29) is 5.91 Å². The third kappa shape index (κ3) is 4.14. The predicted molar refractivity (Wildman–Crippen MR) is 149 cm³/mol. The fourth-order valence-corrected chi connectivity index (χ4v) is 4.90. The van der Waals surface area contributed by atoms with Gasteiger partial charge in [0.15, 0.2) is 0 Å². The fourth-order valence-electron chi connectivity index (χ4n) is 4.73. The monoisotopic (exact) mass is 495 g/mol. The van der Waals surface area contributed by atoms with Gasteiger partial charge in [0.2, 0.25) is 5.91 Å². The number of amides is 1. The van der Waals surface area contributed by atoms with Gasteiger partial charge in [0.25, 0.3) is 0 Å². The van der Waals surface area contributed by atoms with E-state index >= 15 is 0 Å². The maximum absolute atomic E-state index is 12.9. The van der Waals surface area contributed by atoms with Crippen LogP contribution in [0, 0.1) is 13.8 Å². The van der Waals surface area contributed by atoms with E-state index in [1.54, 1.807) is 25.5 Å². The van der Waals surface area contributed by atoms with Crippen molar-refractivity contribution in [1.29, 1.82) is 0 Å². The van der Waals surface area contributed by atoms with Crippen molar-refractivity contribution in [2.45, 2.75) is 20.8 Å². The second kappa shape index (κ2) is 9.56. The number of hydrogen-bond donors (Lipinski definition) is 1. The summed E-state index contributed by atoms with van der Waals surface area (Å²) in [5.74, 6) is 0.445. The number of benzene rings is 4. The van der Waals surface area contributed by atoms with Gasteiger partial charge in [-0.15, -0.1) is 0 Å². The first kappa shape index (κ1) is 23.7. The molecule has 0 atom stereocenters. The van der Waals surface area contributed by atoms with Crippen molar-refractivity contribution in [2.75, 3.05) is 12.4 Å². The molecule has 5 aromatic rings. The summed E-state index contributed by atoms with van der Waals surface area (Å²) in [6.45, 7) is 5.76. The molecule has 5 heteroatoms. The number of halogens is 1. The minimum absolute atomic E-state index is 0.237. The van der Waals surface area contributed by atoms with E-state index in [0.717, 1.165) is 49.7 Å². The van der Waals surface area contributed by atoms with E-state index in [1.165, 1.54) is 5.39 Å². The van der Waals surface area contributed by atoms with E-state index in [2.05, 4.69) is 35.6 Å². The zero-order valence-electron chi connectivity index (χ0n) is 20.6. The number of hydrogen-bond acceptors (Lipinski definition) is 3. The number of nitrogens with one attached hydrogen (secondary N) is 1. The molecule has 4 nitrogen and oxygen atoms in total. The average Bonchev–Trinajstić information content (AvgIpc) is 3.30. The molecule has 4 aromatic carbocycles. The molecule has 0 aliphatic rings. The minimum atomic E-state index is -0.237. The molecule has 0 spiro atoms. The van der Waals surface area contributed by atoms with Gasteiger partial charge >= 0.3 is 0 Å². The summed E-state index contributed by atoms with van der Waals surface area (Å²) < 4.78 is 11.8. The molecule has 5 rings (SSSR count). The Morgan fingerprint density at radius 1 is 0.944 bits per heavy atom. The highest BCUT2D eigenvalue weighted by molar-refractivity contribution is 6.31. The summed E-state index contributed by atoms with van der Waals surface area (Å²) in [7, 11) is 1.63. The van der Waals surface area contributed by atoms with Crippen molar-refractivity contribution < 1.29 is 13.9 Å². The molecule has 36 heavy (non-hydrogen) atoms. The molecule has 1 aromatic heterocycles. The molecule has 0 radical (unpaired) electrons. The van der Waals surface area contributed by atoms with Crippen LogP contribution in [0.2, 0.25) is 5.02 Å². The second-order valence-corrected chi connectivity index (χ2v) is 9.27. The van der Waals surface area contributed by atoms with Gasteiger partial charge in [-0.05, 0) is 66.4 Å².